The number of ether oxygens (including phenoxy) is 1. The minimum Gasteiger partial charge on any atom is -0.486 e. The fraction of sp³-hybridized carbons (Fsp3) is 0.320. The first kappa shape index (κ1) is 22.7. The molecule has 1 saturated heterocycles. The zero-order valence-corrected chi connectivity index (χ0v) is 20.5. The average Bonchev–Trinajstić information content (AvgIpc) is 3.53. The molecule has 2 aliphatic rings. The molecule has 7 nitrogen and oxygen atoms in total. The Labute approximate surface area is 207 Å². The number of benzene rings is 2. The van der Waals surface area contributed by atoms with E-state index in [0.717, 1.165) is 29.0 Å². The van der Waals surface area contributed by atoms with E-state index in [4.69, 9.17) is 16.3 Å². The molecule has 9 heteroatoms. The third-order valence-corrected chi connectivity index (χ3v) is 7.64. The van der Waals surface area contributed by atoms with Crippen molar-refractivity contribution in [1.82, 2.24) is 9.88 Å². The number of urea groups is 1. The molecule has 1 N–H and O–H groups in total. The summed E-state index contributed by atoms with van der Waals surface area (Å²) in [4.78, 5) is 33.1. The number of rotatable bonds is 4. The Kier molecular flexibility index (Phi) is 5.95. The number of thiazole rings is 1. The molecule has 2 aromatic carbocycles. The number of amides is 3. The molecule has 0 saturated carbocycles. The number of carbonyl (C=O) groups is 2. The van der Waals surface area contributed by atoms with Crippen LogP contribution in [0, 0.1) is 0 Å². The molecule has 1 aromatic heterocycles. The van der Waals surface area contributed by atoms with Crippen LogP contribution in [0.1, 0.15) is 37.5 Å². The second-order valence-corrected chi connectivity index (χ2v) is 10.5. The smallest absolute Gasteiger partial charge is 0.328 e. The number of anilines is 2. The lowest BCUT2D eigenvalue weighted by atomic mass is 9.81. The van der Waals surface area contributed by atoms with E-state index in [1.165, 1.54) is 17.5 Å². The number of carbonyl (C=O) groups excluding carboxylic acids is 2. The SMILES string of the molecule is CC(=O)N1CCC2(C1)CN(C(=O)Nc1ncc(Cl)s1)c1ccc(OC(C)c3ccccc3)cc12. The molecule has 34 heavy (non-hydrogen) atoms. The Hall–Kier alpha value is -3.10. The summed E-state index contributed by atoms with van der Waals surface area (Å²) in [6.45, 7) is 5.32. The van der Waals surface area contributed by atoms with Crippen LogP contribution in [0.25, 0.3) is 0 Å². The second kappa shape index (κ2) is 8.92. The first-order valence-corrected chi connectivity index (χ1v) is 12.4. The fourth-order valence-electron chi connectivity index (χ4n) is 4.86. The predicted octanol–water partition coefficient (Wildman–Crippen LogP) is 5.48. The Morgan fingerprint density at radius 1 is 1.21 bits per heavy atom. The van der Waals surface area contributed by atoms with Gasteiger partial charge in [0.05, 0.1) is 6.20 Å². The van der Waals surface area contributed by atoms with E-state index in [1.54, 1.807) is 11.8 Å². The van der Waals surface area contributed by atoms with Gasteiger partial charge in [0.2, 0.25) is 5.91 Å². The van der Waals surface area contributed by atoms with E-state index in [-0.39, 0.29) is 23.5 Å². The van der Waals surface area contributed by atoms with Gasteiger partial charge in [-0.3, -0.25) is 15.0 Å². The Bertz CT molecular complexity index is 1230. The van der Waals surface area contributed by atoms with Gasteiger partial charge in [0.15, 0.2) is 5.13 Å². The number of nitrogens with zero attached hydrogens (tertiary/aromatic N) is 3. The van der Waals surface area contributed by atoms with Gasteiger partial charge >= 0.3 is 6.03 Å². The van der Waals surface area contributed by atoms with Crippen molar-refractivity contribution in [2.75, 3.05) is 29.9 Å². The van der Waals surface area contributed by atoms with Crippen LogP contribution >= 0.6 is 22.9 Å². The highest BCUT2D eigenvalue weighted by molar-refractivity contribution is 7.19. The highest BCUT2D eigenvalue weighted by Gasteiger charge is 2.49. The van der Waals surface area contributed by atoms with Crippen molar-refractivity contribution < 1.29 is 14.3 Å². The van der Waals surface area contributed by atoms with Gasteiger partial charge in [-0.05, 0) is 42.7 Å². The van der Waals surface area contributed by atoms with Gasteiger partial charge < -0.3 is 9.64 Å². The summed E-state index contributed by atoms with van der Waals surface area (Å²) < 4.78 is 6.78. The highest BCUT2D eigenvalue weighted by atomic mass is 35.5. The zero-order chi connectivity index (χ0) is 23.9. The van der Waals surface area contributed by atoms with Crippen molar-refractivity contribution in [3.8, 4) is 5.75 Å². The fourth-order valence-corrected chi connectivity index (χ4v) is 5.66. The third kappa shape index (κ3) is 4.23. The molecule has 0 bridgehead atoms. The molecular weight excluding hydrogens is 472 g/mol. The summed E-state index contributed by atoms with van der Waals surface area (Å²) in [5.41, 5.74) is 2.60. The lowest BCUT2D eigenvalue weighted by molar-refractivity contribution is -0.127. The van der Waals surface area contributed by atoms with Crippen LogP contribution in [0.4, 0.5) is 15.6 Å². The maximum Gasteiger partial charge on any atom is 0.328 e. The number of hydrogen-bond donors (Lipinski definition) is 1. The van der Waals surface area contributed by atoms with Gasteiger partial charge in [0, 0.05) is 37.7 Å². The van der Waals surface area contributed by atoms with Crippen LogP contribution in [0.5, 0.6) is 5.75 Å². The standard InChI is InChI=1S/C25H25ClN4O3S/c1-16(18-6-4-3-5-7-18)33-19-8-9-21-20(12-19)25(10-11-29(14-25)17(2)31)15-30(21)24(32)28-23-27-13-22(26)34-23/h3-9,12-13,16H,10-11,14-15H2,1-2H3,(H,27,28,32). The lowest BCUT2D eigenvalue weighted by Gasteiger charge is -2.25. The topological polar surface area (TPSA) is 74.8 Å². The van der Waals surface area contributed by atoms with Gasteiger partial charge in [0.1, 0.15) is 16.2 Å². The Balaban J connectivity index is 1.45. The van der Waals surface area contributed by atoms with Crippen molar-refractivity contribution in [3.05, 3.63) is 70.2 Å². The van der Waals surface area contributed by atoms with Crippen molar-refractivity contribution in [2.24, 2.45) is 0 Å². The lowest BCUT2D eigenvalue weighted by Crippen LogP contribution is -2.41. The first-order valence-electron chi connectivity index (χ1n) is 11.2. The Morgan fingerprint density at radius 2 is 2.00 bits per heavy atom. The summed E-state index contributed by atoms with van der Waals surface area (Å²) in [6.07, 6.45) is 2.17. The normalized spacial score (nSPS) is 19.9. The first-order chi connectivity index (χ1) is 16.3. The van der Waals surface area contributed by atoms with Crippen molar-refractivity contribution >= 4 is 45.7 Å². The van der Waals surface area contributed by atoms with E-state index in [0.29, 0.717) is 29.1 Å². The maximum absolute atomic E-state index is 13.2. The molecule has 1 fully saturated rings. The van der Waals surface area contributed by atoms with E-state index in [1.807, 2.05) is 60.4 Å². The number of halogens is 1. The molecule has 2 atom stereocenters. The zero-order valence-electron chi connectivity index (χ0n) is 19.0. The number of nitrogens with one attached hydrogen (secondary N) is 1. The summed E-state index contributed by atoms with van der Waals surface area (Å²) >= 11 is 7.19. The van der Waals surface area contributed by atoms with Crippen molar-refractivity contribution in [3.63, 3.8) is 0 Å². The van der Waals surface area contributed by atoms with E-state index >= 15 is 0 Å². The summed E-state index contributed by atoms with van der Waals surface area (Å²) in [6, 6.07) is 15.6. The van der Waals surface area contributed by atoms with Crippen LogP contribution in [0.3, 0.4) is 0 Å². The largest absolute Gasteiger partial charge is 0.486 e. The number of aromatic nitrogens is 1. The van der Waals surface area contributed by atoms with Gasteiger partial charge in [-0.1, -0.05) is 53.3 Å². The van der Waals surface area contributed by atoms with E-state index in [2.05, 4.69) is 10.3 Å². The van der Waals surface area contributed by atoms with E-state index < -0.39 is 0 Å². The number of likely N-dealkylation sites (tertiary alicyclic amines) is 1. The van der Waals surface area contributed by atoms with Crippen LogP contribution in [-0.2, 0) is 10.2 Å². The summed E-state index contributed by atoms with van der Waals surface area (Å²) in [5, 5.41) is 3.30. The van der Waals surface area contributed by atoms with Gasteiger partial charge in [-0.25, -0.2) is 9.78 Å². The van der Waals surface area contributed by atoms with Crippen molar-refractivity contribution in [2.45, 2.75) is 31.8 Å². The number of fused-ring (bicyclic) bond motifs is 2. The van der Waals surface area contributed by atoms with E-state index in [9.17, 15) is 9.59 Å². The Morgan fingerprint density at radius 3 is 2.68 bits per heavy atom. The molecule has 1 spiro atoms. The monoisotopic (exact) mass is 496 g/mol. The molecule has 2 unspecified atom stereocenters. The minimum absolute atomic E-state index is 0.0452. The summed E-state index contributed by atoms with van der Waals surface area (Å²) in [7, 11) is 0. The summed E-state index contributed by atoms with van der Waals surface area (Å²) in [5.74, 6) is 0.786. The molecule has 0 radical (unpaired) electrons. The van der Waals surface area contributed by atoms with Crippen LogP contribution in [-0.4, -0.2) is 41.5 Å². The van der Waals surface area contributed by atoms with Crippen LogP contribution in [0.2, 0.25) is 4.34 Å². The van der Waals surface area contributed by atoms with Crippen molar-refractivity contribution in [1.29, 1.82) is 0 Å². The molecule has 3 heterocycles. The molecule has 5 rings (SSSR count). The molecule has 3 aromatic rings. The molecule has 176 valence electrons. The maximum atomic E-state index is 13.2. The van der Waals surface area contributed by atoms with Gasteiger partial charge in [0.25, 0.3) is 0 Å². The highest BCUT2D eigenvalue weighted by Crippen LogP contribution is 2.48. The quantitative estimate of drug-likeness (QED) is 0.519. The average molecular weight is 497 g/mol. The van der Waals surface area contributed by atoms with Gasteiger partial charge in [-0.15, -0.1) is 0 Å². The molecular formula is C25H25ClN4O3S. The molecule has 0 aliphatic carbocycles. The van der Waals surface area contributed by atoms with Crippen LogP contribution in [0.15, 0.2) is 54.7 Å². The van der Waals surface area contributed by atoms with Gasteiger partial charge in [-0.2, -0.15) is 0 Å². The number of hydrogen-bond acceptors (Lipinski definition) is 5. The minimum atomic E-state index is -0.339. The molecule has 3 amide bonds. The second-order valence-electron chi connectivity index (χ2n) is 8.81. The predicted molar refractivity (Wildman–Crippen MR) is 134 cm³/mol. The van der Waals surface area contributed by atoms with Crippen LogP contribution < -0.4 is 15.0 Å². The third-order valence-electron chi connectivity index (χ3n) is 6.61. The molecule has 2 aliphatic heterocycles.